The first-order chi connectivity index (χ1) is 26.2. The molecular weight excluding hydrogens is 826 g/mol. The fourth-order valence-corrected chi connectivity index (χ4v) is 13.4. The maximum Gasteiger partial charge on any atom is 0.214 e. The molecule has 0 unspecified atom stereocenters. The second-order valence-corrected chi connectivity index (χ2v) is 19.1. The average molecular weight is 877 g/mol. The summed E-state index contributed by atoms with van der Waals surface area (Å²) in [6.45, 7) is 14.8. The van der Waals surface area contributed by atoms with Crippen molar-refractivity contribution in [3.63, 3.8) is 0 Å². The molecule has 0 saturated heterocycles. The van der Waals surface area contributed by atoms with Crippen LogP contribution in [0.15, 0.2) is 182 Å². The van der Waals surface area contributed by atoms with Crippen LogP contribution in [-0.2, 0) is 0 Å². The van der Waals surface area contributed by atoms with Crippen molar-refractivity contribution >= 4 is 62.9 Å². The molecule has 0 spiro atoms. The van der Waals surface area contributed by atoms with Gasteiger partial charge < -0.3 is 26.7 Å². The Balaban J connectivity index is 0.000000245. The lowest BCUT2D eigenvalue weighted by atomic mass is 10.2. The van der Waals surface area contributed by atoms with Crippen LogP contribution >= 0.6 is 31.1 Å². The van der Waals surface area contributed by atoms with E-state index in [-0.39, 0.29) is 17.0 Å². The Hall–Kier alpha value is -3.88. The Morgan fingerprint density at radius 1 is 0.407 bits per heavy atom. The maximum atomic E-state index is 7.00. The molecule has 0 amide bonds. The molecule has 6 heteroatoms. The monoisotopic (exact) mass is 874 g/mol. The number of hydrogen-bond acceptors (Lipinski definition) is 0. The van der Waals surface area contributed by atoms with Crippen molar-refractivity contribution in [3.05, 3.63) is 205 Å². The highest BCUT2D eigenvalue weighted by molar-refractivity contribution is 9.09. The van der Waals surface area contributed by atoms with E-state index >= 15 is 0 Å². The Morgan fingerprint density at radius 3 is 1.00 bits per heavy atom. The number of benzene rings is 6. The molecule has 0 fully saturated rings. The lowest BCUT2D eigenvalue weighted by molar-refractivity contribution is -0.0000103. The van der Waals surface area contributed by atoms with Gasteiger partial charge in [0, 0.05) is 18.2 Å². The molecule has 0 aliphatic carbocycles. The summed E-state index contributed by atoms with van der Waals surface area (Å²) in [5, 5.41) is 9.61. The minimum Gasteiger partial charge on any atom is -1.00 e. The summed E-state index contributed by atoms with van der Waals surface area (Å²) in [5.41, 5.74) is 0. The third-order valence-corrected chi connectivity index (χ3v) is 16.3. The summed E-state index contributed by atoms with van der Waals surface area (Å²) in [6, 6.07) is 65.4. The molecule has 0 bridgehead atoms. The summed E-state index contributed by atoms with van der Waals surface area (Å²) in [5.74, 6) is 0. The molecule has 6 aromatic carbocycles. The quantitative estimate of drug-likeness (QED) is 0.0429. The van der Waals surface area contributed by atoms with E-state index in [1.807, 2.05) is 0 Å². The maximum absolute atomic E-state index is 7.00. The van der Waals surface area contributed by atoms with Gasteiger partial charge in [0.05, 0.1) is 6.16 Å². The zero-order valence-corrected chi connectivity index (χ0v) is 35.9. The minimum absolute atomic E-state index is 0. The lowest BCUT2D eigenvalue weighted by Crippen LogP contribution is -3.00. The Kier molecular flexibility index (Phi) is 22.1. The van der Waals surface area contributed by atoms with Gasteiger partial charge in [-0.3, -0.25) is 0 Å². The van der Waals surface area contributed by atoms with Crippen LogP contribution in [0.5, 0.6) is 0 Å². The molecule has 6 aromatic rings. The fourth-order valence-electron chi connectivity index (χ4n) is 6.24. The molecule has 0 aliphatic heterocycles. The number of alkyl halides is 1. The van der Waals surface area contributed by atoms with Gasteiger partial charge in [-0.15, -0.1) is 0 Å². The second kappa shape index (κ2) is 26.8. The van der Waals surface area contributed by atoms with E-state index in [9.17, 15) is 0 Å². The molecule has 6 rings (SSSR count). The van der Waals surface area contributed by atoms with Crippen LogP contribution in [0.2, 0.25) is 0 Å². The number of halogens is 2. The van der Waals surface area contributed by atoms with E-state index in [1.165, 1.54) is 44.7 Å². The van der Waals surface area contributed by atoms with Gasteiger partial charge in [-0.1, -0.05) is 162 Å². The lowest BCUT2D eigenvalue weighted by Gasteiger charge is -2.27. The van der Waals surface area contributed by atoms with Gasteiger partial charge >= 0.3 is 0 Å². The van der Waals surface area contributed by atoms with Crippen molar-refractivity contribution in [1.82, 2.24) is 0 Å². The van der Waals surface area contributed by atoms with Gasteiger partial charge in [0.15, 0.2) is 0 Å². The molecule has 2 nitrogen and oxygen atoms in total. The molecule has 0 heterocycles. The zero-order valence-electron chi connectivity index (χ0n) is 30.9. The van der Waals surface area contributed by atoms with E-state index in [0.29, 0.717) is 13.1 Å². The van der Waals surface area contributed by atoms with Crippen molar-refractivity contribution in [2.45, 2.75) is 38.5 Å². The van der Waals surface area contributed by atoms with Gasteiger partial charge in [0.2, 0.25) is 13.1 Å². The summed E-state index contributed by atoms with van der Waals surface area (Å²) < 4.78 is 0. The number of hydrogen-bond donors (Lipinski definition) is 0. The molecular formula is C48H50Br2N2P2. The highest BCUT2D eigenvalue weighted by Gasteiger charge is 2.44. The third kappa shape index (κ3) is 14.1. The zero-order chi connectivity index (χ0) is 37.2. The Morgan fingerprint density at radius 2 is 0.704 bits per heavy atom. The van der Waals surface area contributed by atoms with E-state index in [2.05, 4.69) is 208 Å². The van der Waals surface area contributed by atoms with E-state index in [1.54, 1.807) is 0 Å². The van der Waals surface area contributed by atoms with Crippen LogP contribution in [0.4, 0.5) is 0 Å². The minimum atomic E-state index is -1.68. The molecule has 0 aliphatic rings. The first kappa shape index (κ1) is 44.5. The van der Waals surface area contributed by atoms with Crippen molar-refractivity contribution in [2.24, 2.45) is 0 Å². The normalized spacial score (nSPS) is 10.3. The highest BCUT2D eigenvalue weighted by atomic mass is 79.9. The number of nitrogens with zero attached hydrogens (tertiary/aromatic N) is 2. The summed E-state index contributed by atoms with van der Waals surface area (Å²) >= 11 is 3.32. The van der Waals surface area contributed by atoms with Gasteiger partial charge in [-0.2, -0.15) is 0 Å². The van der Waals surface area contributed by atoms with Gasteiger partial charge in [-0.05, 0) is 85.9 Å². The standard InChI is InChI=1S/C24H25NP.C18H15P.C6H10BrN.BrH/c1-25-20-12-5-13-21-26(22-14-6-2-7-15-22,23-16-8-3-9-17-23)24-18-10-4-11-19-24;1-4-10-16(11-5-1)19(17-12-6-2-7-13-17)18-14-8-3-9-15-18;1-8-6-4-2-3-5-7;/h2-4,6-11,14-19H,5,12-13,20-21H2;1-15H;2-6H2;1H/q+1;;;/p-1. The molecule has 0 radical (unpaired) electrons. The van der Waals surface area contributed by atoms with E-state index in [4.69, 9.17) is 13.1 Å². The van der Waals surface area contributed by atoms with Crippen LogP contribution in [0.1, 0.15) is 38.5 Å². The summed E-state index contributed by atoms with van der Waals surface area (Å²) in [6.07, 6.45) is 7.89. The molecule has 0 saturated carbocycles. The van der Waals surface area contributed by atoms with Gasteiger partial charge in [0.25, 0.3) is 0 Å². The Bertz CT molecular complexity index is 1710. The first-order valence-electron chi connectivity index (χ1n) is 18.5. The van der Waals surface area contributed by atoms with Crippen molar-refractivity contribution < 1.29 is 17.0 Å². The van der Waals surface area contributed by atoms with Crippen LogP contribution < -0.4 is 48.8 Å². The van der Waals surface area contributed by atoms with E-state index in [0.717, 1.165) is 37.2 Å². The topological polar surface area (TPSA) is 8.72 Å². The van der Waals surface area contributed by atoms with Crippen molar-refractivity contribution in [1.29, 1.82) is 0 Å². The Labute approximate surface area is 345 Å². The third-order valence-electron chi connectivity index (χ3n) is 8.80. The van der Waals surface area contributed by atoms with Crippen LogP contribution in [-0.4, -0.2) is 24.6 Å². The van der Waals surface area contributed by atoms with Gasteiger partial charge in [-0.25, -0.2) is 13.1 Å². The van der Waals surface area contributed by atoms with E-state index < -0.39 is 15.2 Å². The SMILES string of the molecule is [Br-].[C-]#[N+]CCCCCBr.[C-]#[N+]CCCCC[P+](c1ccccc1)(c1ccccc1)c1ccccc1.c1ccc(P(c2ccccc2)c2ccccc2)cc1. The van der Waals surface area contributed by atoms with Gasteiger partial charge in [0.1, 0.15) is 23.2 Å². The van der Waals surface area contributed by atoms with Crippen molar-refractivity contribution in [2.75, 3.05) is 24.6 Å². The number of unbranched alkanes of at least 4 members (excludes halogenated alkanes) is 4. The smallest absolute Gasteiger partial charge is 0.214 e. The molecule has 0 aromatic heterocycles. The molecule has 54 heavy (non-hydrogen) atoms. The summed E-state index contributed by atoms with van der Waals surface area (Å²) in [4.78, 5) is 6.75. The highest BCUT2D eigenvalue weighted by Crippen LogP contribution is 2.56. The molecule has 276 valence electrons. The predicted molar refractivity (Wildman–Crippen MR) is 240 cm³/mol. The average Bonchev–Trinajstić information content (AvgIpc) is 3.24. The van der Waals surface area contributed by atoms with Crippen LogP contribution in [0.3, 0.4) is 0 Å². The van der Waals surface area contributed by atoms with Crippen molar-refractivity contribution in [3.8, 4) is 0 Å². The van der Waals surface area contributed by atoms with Crippen LogP contribution in [0, 0.1) is 13.1 Å². The fraction of sp³-hybridized carbons (Fsp3) is 0.208. The largest absolute Gasteiger partial charge is 1.00 e. The number of rotatable bonds is 15. The van der Waals surface area contributed by atoms with Crippen LogP contribution in [0.25, 0.3) is 9.69 Å². The second-order valence-electron chi connectivity index (χ2n) is 12.5. The summed E-state index contributed by atoms with van der Waals surface area (Å²) in [7, 11) is -2.13. The molecule has 0 N–H and O–H groups in total. The predicted octanol–water partition coefficient (Wildman–Crippen LogP) is 7.99. The molecule has 0 atom stereocenters. The first-order valence-corrected chi connectivity index (χ1v) is 22.9.